The van der Waals surface area contributed by atoms with Crippen molar-refractivity contribution in [3.63, 3.8) is 0 Å². The molecule has 0 radical (unpaired) electrons. The van der Waals surface area contributed by atoms with Crippen molar-refractivity contribution >= 4 is 0 Å². The van der Waals surface area contributed by atoms with Crippen LogP contribution in [0.4, 0.5) is 57.1 Å². The van der Waals surface area contributed by atoms with Crippen LogP contribution in [0.25, 0.3) is 0 Å². The van der Waals surface area contributed by atoms with Gasteiger partial charge in [-0.3, -0.25) is 0 Å². The quantitative estimate of drug-likeness (QED) is 0.442. The summed E-state index contributed by atoms with van der Waals surface area (Å²) in [5, 5.41) is 0. The van der Waals surface area contributed by atoms with E-state index < -0.39 is 47.8 Å². The van der Waals surface area contributed by atoms with E-state index in [1.807, 2.05) is 0 Å². The first-order valence-electron chi connectivity index (χ1n) is 4.28. The lowest BCUT2D eigenvalue weighted by Gasteiger charge is -2.20. The molecule has 0 heterocycles. The Kier molecular flexibility index (Phi) is 5.04. The zero-order valence-corrected chi connectivity index (χ0v) is 8.99. The van der Waals surface area contributed by atoms with Crippen LogP contribution in [0.3, 0.4) is 0 Å². The number of hydrogen-bond donors (Lipinski definition) is 0. The summed E-state index contributed by atoms with van der Waals surface area (Å²) in [5.74, 6) is -4.33. The Labute approximate surface area is 106 Å². The van der Waals surface area contributed by atoms with Crippen LogP contribution < -0.4 is 0 Å². The Balaban J connectivity index is 6.60. The Morgan fingerprint density at radius 3 is 1.14 bits per heavy atom. The molecule has 124 valence electrons. The molecule has 0 aromatic heterocycles. The highest BCUT2D eigenvalue weighted by molar-refractivity contribution is 5.42. The normalized spacial score (nSPS) is 16.9. The third-order valence-electron chi connectivity index (χ3n) is 1.63. The number of hydrogen-bond acceptors (Lipinski definition) is 0. The van der Waals surface area contributed by atoms with Gasteiger partial charge >= 0.3 is 24.7 Å². The summed E-state index contributed by atoms with van der Waals surface area (Å²) in [5.41, 5.74) is -7.93. The maximum Gasteiger partial charge on any atom is 0.443 e. The molecule has 21 heavy (non-hydrogen) atoms. The summed E-state index contributed by atoms with van der Waals surface area (Å²) in [6.45, 7) is 0. The maximum absolute atomic E-state index is 12.6. The van der Waals surface area contributed by atoms with Crippen LogP contribution in [0.1, 0.15) is 0 Å². The van der Waals surface area contributed by atoms with Crippen molar-refractivity contribution in [2.24, 2.45) is 0 Å². The molecule has 0 rings (SSSR count). The second-order valence-electron chi connectivity index (χ2n) is 3.28. The number of rotatable bonds is 1. The first kappa shape index (κ1) is 19.6. The average Bonchev–Trinajstić information content (AvgIpc) is 2.08. The van der Waals surface area contributed by atoms with Crippen LogP contribution in [-0.4, -0.2) is 24.7 Å². The number of halogens is 13. The van der Waals surface area contributed by atoms with Gasteiger partial charge in [0.25, 0.3) is 0 Å². The van der Waals surface area contributed by atoms with Crippen LogP contribution in [0.15, 0.2) is 23.0 Å². The Morgan fingerprint density at radius 2 is 0.952 bits per heavy atom. The molecule has 0 aromatic carbocycles. The predicted octanol–water partition coefficient (Wildman–Crippen LogP) is 5.39. The van der Waals surface area contributed by atoms with Crippen molar-refractivity contribution < 1.29 is 57.1 Å². The van der Waals surface area contributed by atoms with Gasteiger partial charge in [0.05, 0.1) is 5.57 Å². The summed E-state index contributed by atoms with van der Waals surface area (Å²) in [4.78, 5) is 0. The Bertz CT molecular complexity index is 435. The average molecular weight is 344 g/mol. The predicted molar refractivity (Wildman–Crippen MR) is 40.4 cm³/mol. The standard InChI is InChI=1S/C8HF13/c9-4(8(19,20)21)3(7(16,17)18)2(6(13,14)15)1-5(10,11)12/h1H/b2-1?,4-3+. The number of alkyl halides is 12. The smallest absolute Gasteiger partial charge is 0.201 e. The van der Waals surface area contributed by atoms with E-state index in [0.717, 1.165) is 0 Å². The fraction of sp³-hybridized carbons (Fsp3) is 0.500. The zero-order valence-electron chi connectivity index (χ0n) is 8.99. The van der Waals surface area contributed by atoms with E-state index in [0.29, 0.717) is 0 Å². The lowest BCUT2D eigenvalue weighted by Crippen LogP contribution is -2.29. The van der Waals surface area contributed by atoms with Gasteiger partial charge in [-0.05, 0) is 0 Å². The molecule has 0 aliphatic carbocycles. The molecule has 0 aliphatic heterocycles. The van der Waals surface area contributed by atoms with E-state index in [1.54, 1.807) is 0 Å². The molecule has 0 saturated heterocycles. The van der Waals surface area contributed by atoms with Crippen molar-refractivity contribution in [3.05, 3.63) is 23.0 Å². The summed E-state index contributed by atoms with van der Waals surface area (Å²) in [6.07, 6.45) is -27.9. The van der Waals surface area contributed by atoms with Gasteiger partial charge in [0.1, 0.15) is 5.57 Å². The largest absolute Gasteiger partial charge is 0.443 e. The molecule has 13 heteroatoms. The van der Waals surface area contributed by atoms with Gasteiger partial charge in [0.15, 0.2) is 0 Å². The van der Waals surface area contributed by atoms with Crippen molar-refractivity contribution in [1.82, 2.24) is 0 Å². The molecule has 0 nitrogen and oxygen atoms in total. The maximum atomic E-state index is 12.6. The second-order valence-corrected chi connectivity index (χ2v) is 3.28. The van der Waals surface area contributed by atoms with Gasteiger partial charge in [0.2, 0.25) is 5.83 Å². The summed E-state index contributed by atoms with van der Waals surface area (Å²) in [7, 11) is 0. The van der Waals surface area contributed by atoms with Gasteiger partial charge in [-0.2, -0.15) is 52.7 Å². The Hall–Kier alpha value is -1.43. The van der Waals surface area contributed by atoms with E-state index >= 15 is 0 Å². The molecule has 0 saturated carbocycles. The van der Waals surface area contributed by atoms with Crippen LogP contribution in [0.2, 0.25) is 0 Å². The van der Waals surface area contributed by atoms with Crippen LogP contribution >= 0.6 is 0 Å². The molecule has 0 spiro atoms. The van der Waals surface area contributed by atoms with Gasteiger partial charge < -0.3 is 0 Å². The summed E-state index contributed by atoms with van der Waals surface area (Å²) in [6, 6.07) is 0. The second kappa shape index (κ2) is 5.40. The summed E-state index contributed by atoms with van der Waals surface area (Å²) < 4.78 is 156. The van der Waals surface area contributed by atoms with E-state index in [9.17, 15) is 57.1 Å². The van der Waals surface area contributed by atoms with E-state index in [4.69, 9.17) is 0 Å². The van der Waals surface area contributed by atoms with E-state index in [2.05, 4.69) is 0 Å². The molecule has 0 fully saturated rings. The Morgan fingerprint density at radius 1 is 0.571 bits per heavy atom. The third-order valence-corrected chi connectivity index (χ3v) is 1.63. The first-order chi connectivity index (χ1) is 8.87. The lowest BCUT2D eigenvalue weighted by atomic mass is 10.0. The zero-order chi connectivity index (χ0) is 17.4. The van der Waals surface area contributed by atoms with Crippen LogP contribution in [0.5, 0.6) is 0 Å². The monoisotopic (exact) mass is 344 g/mol. The molecule has 0 N–H and O–H groups in total. The van der Waals surface area contributed by atoms with Crippen LogP contribution in [-0.2, 0) is 0 Å². The molecule has 0 atom stereocenters. The van der Waals surface area contributed by atoms with E-state index in [1.165, 1.54) is 0 Å². The minimum absolute atomic E-state index is 2.10. The van der Waals surface area contributed by atoms with Gasteiger partial charge in [-0.1, -0.05) is 0 Å². The van der Waals surface area contributed by atoms with Crippen molar-refractivity contribution in [2.45, 2.75) is 24.7 Å². The highest BCUT2D eigenvalue weighted by Gasteiger charge is 2.54. The van der Waals surface area contributed by atoms with Crippen molar-refractivity contribution in [1.29, 1.82) is 0 Å². The molecule has 0 amide bonds. The molecular formula is C8HF13. The molecule has 0 bridgehead atoms. The molecule has 0 unspecified atom stereocenters. The van der Waals surface area contributed by atoms with Gasteiger partial charge in [-0.15, -0.1) is 0 Å². The van der Waals surface area contributed by atoms with Crippen LogP contribution in [0, 0.1) is 0 Å². The lowest BCUT2D eigenvalue weighted by molar-refractivity contribution is -0.140. The number of allylic oxidation sites excluding steroid dienone is 4. The molecular weight excluding hydrogens is 343 g/mol. The SMILES string of the molecule is F/C(=C(\C(=CC(F)(F)F)C(F)(F)F)C(F)(F)F)C(F)(F)F. The van der Waals surface area contributed by atoms with Crippen molar-refractivity contribution in [2.75, 3.05) is 0 Å². The van der Waals surface area contributed by atoms with Crippen molar-refractivity contribution in [3.8, 4) is 0 Å². The highest BCUT2D eigenvalue weighted by atomic mass is 19.4. The highest BCUT2D eigenvalue weighted by Crippen LogP contribution is 2.46. The summed E-state index contributed by atoms with van der Waals surface area (Å²) >= 11 is 0. The topological polar surface area (TPSA) is 0 Å². The van der Waals surface area contributed by atoms with E-state index in [-0.39, 0.29) is 0 Å². The minimum Gasteiger partial charge on any atom is -0.201 e. The fourth-order valence-corrected chi connectivity index (χ4v) is 0.997. The van der Waals surface area contributed by atoms with Gasteiger partial charge in [-0.25, -0.2) is 4.39 Å². The minimum atomic E-state index is -6.66. The molecule has 0 aromatic rings. The van der Waals surface area contributed by atoms with Gasteiger partial charge in [0, 0.05) is 6.08 Å². The fourth-order valence-electron chi connectivity index (χ4n) is 0.997. The third kappa shape index (κ3) is 5.83. The molecule has 0 aliphatic rings. The first-order valence-corrected chi connectivity index (χ1v) is 4.28.